The molecule has 0 amide bonds. The van der Waals surface area contributed by atoms with Crippen LogP contribution in [0.4, 0.5) is 10.2 Å². The number of hydrogen-bond donors (Lipinski definition) is 1. The van der Waals surface area contributed by atoms with Crippen LogP contribution < -0.4 is 10.5 Å². The molecule has 170 valence electrons. The number of nitrogens with two attached hydrogens (primary N) is 1. The number of rotatable bonds is 2. The first-order valence-electron chi connectivity index (χ1n) is 11.0. The topological polar surface area (TPSA) is 96.7 Å². The third-order valence-electron chi connectivity index (χ3n) is 5.86. The molecule has 1 aromatic carbocycles. The van der Waals surface area contributed by atoms with Gasteiger partial charge in [0.25, 0.3) is 0 Å². The molecule has 1 atom stereocenters. The van der Waals surface area contributed by atoms with Crippen molar-refractivity contribution in [2.45, 2.75) is 46.9 Å². The van der Waals surface area contributed by atoms with Gasteiger partial charge in [0.1, 0.15) is 18.2 Å². The zero-order valence-electron chi connectivity index (χ0n) is 19.1. The summed E-state index contributed by atoms with van der Waals surface area (Å²) in [6.45, 7) is 9.37. The van der Waals surface area contributed by atoms with E-state index in [1.54, 1.807) is 12.3 Å². The highest BCUT2D eigenvalue weighted by Gasteiger charge is 2.25. The Morgan fingerprint density at radius 1 is 1.24 bits per heavy atom. The molecule has 1 aliphatic rings. The van der Waals surface area contributed by atoms with Crippen molar-refractivity contribution in [2.75, 3.05) is 5.73 Å². The van der Waals surface area contributed by atoms with E-state index in [2.05, 4.69) is 28.9 Å². The molecule has 0 saturated carbocycles. The monoisotopic (exact) mass is 447 g/mol. The average Bonchev–Trinajstić information content (AvgIpc) is 3.33. The number of aryl methyl sites for hydroxylation is 1. The van der Waals surface area contributed by atoms with Crippen LogP contribution in [0.2, 0.25) is 0 Å². The van der Waals surface area contributed by atoms with Crippen LogP contribution in [0.3, 0.4) is 0 Å². The van der Waals surface area contributed by atoms with E-state index >= 15 is 0 Å². The highest BCUT2D eigenvalue weighted by atomic mass is 19.1. The number of ether oxygens (including phenoxy) is 1. The van der Waals surface area contributed by atoms with Crippen LogP contribution >= 0.6 is 0 Å². The Kier molecular flexibility index (Phi) is 5.11. The number of benzene rings is 1. The maximum atomic E-state index is 14.2. The van der Waals surface area contributed by atoms with E-state index in [9.17, 15) is 4.39 Å². The zero-order valence-corrected chi connectivity index (χ0v) is 19.1. The van der Waals surface area contributed by atoms with E-state index in [0.717, 1.165) is 34.6 Å². The van der Waals surface area contributed by atoms with E-state index in [1.165, 1.54) is 18.5 Å². The predicted molar refractivity (Wildman–Crippen MR) is 123 cm³/mol. The van der Waals surface area contributed by atoms with E-state index in [-0.39, 0.29) is 11.6 Å². The first kappa shape index (κ1) is 21.1. The third kappa shape index (κ3) is 3.73. The predicted octanol–water partition coefficient (Wildman–Crippen LogP) is 4.39. The Bertz CT molecular complexity index is 1340. The summed E-state index contributed by atoms with van der Waals surface area (Å²) in [5.41, 5.74) is 11.3. The summed E-state index contributed by atoms with van der Waals surface area (Å²) in [4.78, 5) is 8.91. The molecule has 0 unspecified atom stereocenters. The Hall–Kier alpha value is -3.75. The Morgan fingerprint density at radius 2 is 2.06 bits per heavy atom. The fourth-order valence-corrected chi connectivity index (χ4v) is 4.35. The number of nitrogens with zero attached hydrogens (tertiary/aromatic N) is 6. The normalized spacial score (nSPS) is 15.2. The van der Waals surface area contributed by atoms with Gasteiger partial charge in [-0.1, -0.05) is 13.8 Å². The van der Waals surface area contributed by atoms with E-state index < -0.39 is 6.10 Å². The van der Waals surface area contributed by atoms with Crippen LogP contribution in [0.5, 0.6) is 5.75 Å². The van der Waals surface area contributed by atoms with E-state index in [4.69, 9.17) is 15.6 Å². The molecule has 9 heteroatoms. The van der Waals surface area contributed by atoms with Crippen molar-refractivity contribution >= 4 is 5.82 Å². The highest BCUT2D eigenvalue weighted by molar-refractivity contribution is 5.69. The lowest BCUT2D eigenvalue weighted by atomic mass is 10.0. The zero-order chi connectivity index (χ0) is 23.3. The van der Waals surface area contributed by atoms with Gasteiger partial charge >= 0.3 is 0 Å². The Morgan fingerprint density at radius 3 is 2.85 bits per heavy atom. The average molecular weight is 448 g/mol. The molecule has 33 heavy (non-hydrogen) atoms. The summed E-state index contributed by atoms with van der Waals surface area (Å²) in [5.74, 6) is 1.40. The Labute approximate surface area is 191 Å². The molecule has 4 heterocycles. The highest BCUT2D eigenvalue weighted by Crippen LogP contribution is 2.37. The summed E-state index contributed by atoms with van der Waals surface area (Å²) in [5, 5.41) is 9.32. The summed E-state index contributed by atoms with van der Waals surface area (Å²) in [6.07, 6.45) is 2.76. The van der Waals surface area contributed by atoms with Gasteiger partial charge in [-0.25, -0.2) is 19.0 Å². The van der Waals surface area contributed by atoms with Crippen molar-refractivity contribution in [1.29, 1.82) is 0 Å². The van der Waals surface area contributed by atoms with Crippen LogP contribution in [0.1, 0.15) is 43.7 Å². The second-order valence-corrected chi connectivity index (χ2v) is 8.83. The molecule has 8 nitrogen and oxygen atoms in total. The number of anilines is 1. The summed E-state index contributed by atoms with van der Waals surface area (Å²) >= 11 is 0. The second kappa shape index (κ2) is 7.99. The van der Waals surface area contributed by atoms with E-state index in [0.29, 0.717) is 29.6 Å². The molecule has 0 spiro atoms. The van der Waals surface area contributed by atoms with Crippen molar-refractivity contribution in [3.63, 3.8) is 0 Å². The second-order valence-electron chi connectivity index (χ2n) is 8.83. The van der Waals surface area contributed by atoms with Crippen molar-refractivity contribution < 1.29 is 9.13 Å². The lowest BCUT2D eigenvalue weighted by molar-refractivity contribution is 0.227. The SMILES string of the molecule is Cc1nn(CC(C)C)c2c1Cn1ncnc1-c1ccc(F)cc1[C@@H](C)Oc1cc-2cnc1N. The van der Waals surface area contributed by atoms with Crippen molar-refractivity contribution in [3.8, 4) is 28.4 Å². The van der Waals surface area contributed by atoms with Gasteiger partial charge in [0.2, 0.25) is 0 Å². The van der Waals surface area contributed by atoms with Gasteiger partial charge in [0.05, 0.1) is 17.9 Å². The largest absolute Gasteiger partial charge is 0.482 e. The first-order chi connectivity index (χ1) is 15.8. The summed E-state index contributed by atoms with van der Waals surface area (Å²) in [7, 11) is 0. The quantitative estimate of drug-likeness (QED) is 0.490. The van der Waals surface area contributed by atoms with Gasteiger partial charge in [0, 0.05) is 35.0 Å². The van der Waals surface area contributed by atoms with Crippen LogP contribution in [-0.2, 0) is 13.1 Å². The van der Waals surface area contributed by atoms with Gasteiger partial charge < -0.3 is 10.5 Å². The lowest BCUT2D eigenvalue weighted by Crippen LogP contribution is -2.13. The number of pyridine rings is 1. The van der Waals surface area contributed by atoms with Gasteiger partial charge in [-0.15, -0.1) is 0 Å². The van der Waals surface area contributed by atoms with E-state index in [1.807, 2.05) is 29.3 Å². The molecule has 5 rings (SSSR count). The number of hydrogen-bond acceptors (Lipinski definition) is 6. The van der Waals surface area contributed by atoms with Gasteiger partial charge in [-0.05, 0) is 44.0 Å². The van der Waals surface area contributed by atoms with Crippen molar-refractivity contribution in [2.24, 2.45) is 5.92 Å². The third-order valence-corrected chi connectivity index (χ3v) is 5.86. The molecule has 0 saturated heterocycles. The van der Waals surface area contributed by atoms with Crippen LogP contribution in [0.25, 0.3) is 22.6 Å². The molecule has 2 bridgehead atoms. The molecular formula is C24H26FN7O. The minimum absolute atomic E-state index is 0.275. The number of halogens is 1. The van der Waals surface area contributed by atoms with Crippen LogP contribution in [-0.4, -0.2) is 29.5 Å². The summed E-state index contributed by atoms with van der Waals surface area (Å²) in [6, 6.07) is 6.49. The first-order valence-corrected chi connectivity index (χ1v) is 11.0. The maximum absolute atomic E-state index is 14.2. The maximum Gasteiger partial charge on any atom is 0.166 e. The number of fused-ring (bicyclic) bond motifs is 7. The molecule has 0 aliphatic carbocycles. The Balaban J connectivity index is 1.80. The molecule has 0 radical (unpaired) electrons. The number of nitrogen functional groups attached to an aromatic ring is 1. The molecule has 4 aromatic rings. The molecule has 0 fully saturated rings. The number of aromatic nitrogens is 6. The fourth-order valence-electron chi connectivity index (χ4n) is 4.35. The minimum atomic E-state index is -0.499. The van der Waals surface area contributed by atoms with Crippen LogP contribution in [0, 0.1) is 18.7 Å². The molecule has 1 aliphatic heterocycles. The molecule has 2 N–H and O–H groups in total. The van der Waals surface area contributed by atoms with Crippen molar-refractivity contribution in [1.82, 2.24) is 29.5 Å². The summed E-state index contributed by atoms with van der Waals surface area (Å²) < 4.78 is 24.3. The molecular weight excluding hydrogens is 421 g/mol. The standard InChI is InChI=1S/C24H26FN7O/c1-13(2)10-31-22-16-7-21(23(26)27-9-16)33-15(4)19-8-17(25)5-6-18(19)24-28-12-29-32(24)11-20(22)14(3)30-31/h5-9,12-13,15H,10-11H2,1-4H3,(H2,26,27)/t15-/m1/s1. The van der Waals surface area contributed by atoms with Gasteiger partial charge in [0.15, 0.2) is 17.4 Å². The van der Waals surface area contributed by atoms with Crippen molar-refractivity contribution in [3.05, 3.63) is 59.4 Å². The van der Waals surface area contributed by atoms with Gasteiger partial charge in [-0.3, -0.25) is 4.68 Å². The van der Waals surface area contributed by atoms with Gasteiger partial charge in [-0.2, -0.15) is 10.2 Å². The smallest absolute Gasteiger partial charge is 0.166 e. The minimum Gasteiger partial charge on any atom is -0.482 e. The lowest BCUT2D eigenvalue weighted by Gasteiger charge is -2.21. The fraction of sp³-hybridized carbons (Fsp3) is 0.333. The molecule has 3 aromatic heterocycles. The van der Waals surface area contributed by atoms with Crippen LogP contribution in [0.15, 0.2) is 36.8 Å².